The van der Waals surface area contributed by atoms with Gasteiger partial charge >= 0.3 is 0 Å². The maximum Gasteiger partial charge on any atom is 0.254 e. The minimum atomic E-state index is -0.762. The van der Waals surface area contributed by atoms with Crippen LogP contribution in [-0.4, -0.2) is 4.57 Å². The molecule has 0 radical (unpaired) electrons. The van der Waals surface area contributed by atoms with Gasteiger partial charge in [-0.25, -0.2) is 8.78 Å². The van der Waals surface area contributed by atoms with Crippen LogP contribution in [0.3, 0.4) is 0 Å². The van der Waals surface area contributed by atoms with Crippen molar-refractivity contribution < 1.29 is 14.9 Å². The first-order valence-electron chi connectivity index (χ1n) is 12.0. The van der Waals surface area contributed by atoms with E-state index in [1.807, 2.05) is 25.3 Å². The third-order valence-corrected chi connectivity index (χ3v) is 6.51. The number of pyridine rings is 1. The van der Waals surface area contributed by atoms with Crippen LogP contribution in [0.1, 0.15) is 51.2 Å². The molecule has 0 aliphatic heterocycles. The quantitative estimate of drug-likeness (QED) is 0.397. The summed E-state index contributed by atoms with van der Waals surface area (Å²) in [6.07, 6.45) is 10.4. The van der Waals surface area contributed by atoms with Crippen LogP contribution in [0.2, 0.25) is 0 Å². The van der Waals surface area contributed by atoms with Gasteiger partial charge in [0.1, 0.15) is 11.6 Å². The number of fused-ring (bicyclic) bond motifs is 2. The summed E-state index contributed by atoms with van der Waals surface area (Å²) < 4.78 is 35.1. The smallest absolute Gasteiger partial charge is 0.254 e. The van der Waals surface area contributed by atoms with Crippen molar-refractivity contribution in [2.45, 2.75) is 46.5 Å². The second-order valence-corrected chi connectivity index (χ2v) is 9.30. The molecular weight excluding hydrogens is 432 g/mol. The summed E-state index contributed by atoms with van der Waals surface area (Å²) in [5.41, 5.74) is 4.42. The molecule has 180 valence electrons. The molecule has 34 heavy (non-hydrogen) atoms. The first-order valence-corrected chi connectivity index (χ1v) is 12.0. The Kier molecular flexibility index (Phi) is 7.01. The average molecular weight is 466 g/mol. The highest BCUT2D eigenvalue weighted by molar-refractivity contribution is 5.81. The van der Waals surface area contributed by atoms with Gasteiger partial charge in [0.05, 0.1) is 0 Å². The van der Waals surface area contributed by atoms with Gasteiger partial charge in [-0.3, -0.25) is 4.79 Å². The Labute approximate surface area is 201 Å². The van der Waals surface area contributed by atoms with Crippen molar-refractivity contribution in [2.24, 2.45) is 18.9 Å². The van der Waals surface area contributed by atoms with Crippen molar-refractivity contribution in [1.29, 1.82) is 0 Å². The highest BCUT2D eigenvalue weighted by Crippen LogP contribution is 2.43. The SMILES string of the molecule is CCC.Cc1ccc(Oc2ccc(F)cc2F)c(-c2cn(C)c(=O)c3c2C=CC2CCC2C3)c1.[HH]. The lowest BCUT2D eigenvalue weighted by Crippen LogP contribution is -2.29. The number of benzene rings is 2. The largest absolute Gasteiger partial charge is 0.454 e. The van der Waals surface area contributed by atoms with Crippen molar-refractivity contribution in [2.75, 3.05) is 0 Å². The van der Waals surface area contributed by atoms with Gasteiger partial charge in [-0.15, -0.1) is 0 Å². The molecule has 0 spiro atoms. The zero-order chi connectivity index (χ0) is 24.4. The molecule has 0 saturated heterocycles. The van der Waals surface area contributed by atoms with Crippen LogP contribution in [0.5, 0.6) is 11.5 Å². The molecule has 1 saturated carbocycles. The normalized spacial score (nSPS) is 18.1. The predicted octanol–water partition coefficient (Wildman–Crippen LogP) is 7.69. The van der Waals surface area contributed by atoms with Crippen LogP contribution in [-0.2, 0) is 13.5 Å². The summed E-state index contributed by atoms with van der Waals surface area (Å²) in [5, 5.41) is 0. The second kappa shape index (κ2) is 9.96. The number of hydrogen-bond acceptors (Lipinski definition) is 2. The Morgan fingerprint density at radius 2 is 1.79 bits per heavy atom. The molecule has 0 N–H and O–H groups in total. The van der Waals surface area contributed by atoms with Gasteiger partial charge in [0, 0.05) is 37.4 Å². The van der Waals surface area contributed by atoms with E-state index >= 15 is 0 Å². The lowest BCUT2D eigenvalue weighted by atomic mass is 9.72. The van der Waals surface area contributed by atoms with E-state index in [0.717, 1.165) is 53.1 Å². The third-order valence-electron chi connectivity index (χ3n) is 6.51. The molecule has 0 bridgehead atoms. The van der Waals surface area contributed by atoms with Gasteiger partial charge in [-0.05, 0) is 67.9 Å². The van der Waals surface area contributed by atoms with Crippen LogP contribution < -0.4 is 10.3 Å². The summed E-state index contributed by atoms with van der Waals surface area (Å²) in [7, 11) is 1.76. The Balaban J connectivity index is 0.000000815. The minimum Gasteiger partial charge on any atom is -0.454 e. The summed E-state index contributed by atoms with van der Waals surface area (Å²) in [6.45, 7) is 6.22. The summed E-state index contributed by atoms with van der Waals surface area (Å²) in [4.78, 5) is 13.0. The molecule has 5 rings (SSSR count). The molecule has 1 aromatic heterocycles. The molecular formula is C29H33F2NO2. The van der Waals surface area contributed by atoms with Crippen LogP contribution in [0.15, 0.2) is 53.5 Å². The van der Waals surface area contributed by atoms with Crippen LogP contribution in [0.25, 0.3) is 17.2 Å². The fourth-order valence-electron chi connectivity index (χ4n) is 4.62. The van der Waals surface area contributed by atoms with E-state index in [9.17, 15) is 13.6 Å². The van der Waals surface area contributed by atoms with Crippen molar-refractivity contribution >= 4 is 6.08 Å². The Morgan fingerprint density at radius 1 is 1.06 bits per heavy atom. The predicted molar refractivity (Wildman–Crippen MR) is 135 cm³/mol. The monoisotopic (exact) mass is 465 g/mol. The van der Waals surface area contributed by atoms with Crippen molar-refractivity contribution in [1.82, 2.24) is 4.57 Å². The number of aromatic nitrogens is 1. The van der Waals surface area contributed by atoms with Crippen molar-refractivity contribution in [3.8, 4) is 22.6 Å². The molecule has 2 aliphatic rings. The zero-order valence-corrected chi connectivity index (χ0v) is 20.2. The molecule has 1 fully saturated rings. The Hall–Kier alpha value is -3.21. The average Bonchev–Trinajstić information content (AvgIpc) is 2.90. The van der Waals surface area contributed by atoms with Gasteiger partial charge < -0.3 is 9.30 Å². The molecule has 0 amide bonds. The van der Waals surface area contributed by atoms with E-state index in [2.05, 4.69) is 26.0 Å². The van der Waals surface area contributed by atoms with Crippen LogP contribution in [0.4, 0.5) is 8.78 Å². The first kappa shape index (κ1) is 23.9. The van der Waals surface area contributed by atoms with E-state index in [1.54, 1.807) is 17.7 Å². The molecule has 2 aromatic carbocycles. The molecule has 3 nitrogen and oxygen atoms in total. The number of allylic oxidation sites excluding steroid dienone is 1. The molecule has 2 atom stereocenters. The first-order chi connectivity index (χ1) is 16.3. The highest BCUT2D eigenvalue weighted by atomic mass is 19.1. The van der Waals surface area contributed by atoms with Crippen LogP contribution >= 0.6 is 0 Å². The molecule has 1 heterocycles. The highest BCUT2D eigenvalue weighted by Gasteiger charge is 2.33. The van der Waals surface area contributed by atoms with Gasteiger partial charge in [-0.1, -0.05) is 44.1 Å². The Morgan fingerprint density at radius 3 is 2.47 bits per heavy atom. The fraction of sp³-hybridized carbons (Fsp3) is 0.345. The van der Waals surface area contributed by atoms with E-state index < -0.39 is 11.6 Å². The third kappa shape index (κ3) is 4.70. The maximum absolute atomic E-state index is 14.3. The minimum absolute atomic E-state index is 0. The number of nitrogens with zero attached hydrogens (tertiary/aromatic N) is 1. The number of rotatable bonds is 3. The fourth-order valence-corrected chi connectivity index (χ4v) is 4.62. The summed E-state index contributed by atoms with van der Waals surface area (Å²) >= 11 is 0. The number of ether oxygens (including phenoxy) is 1. The van der Waals surface area contributed by atoms with E-state index in [4.69, 9.17) is 4.74 Å². The number of aryl methyl sites for hydroxylation is 2. The molecule has 2 unspecified atom stereocenters. The maximum atomic E-state index is 14.3. The molecule has 5 heteroatoms. The lowest BCUT2D eigenvalue weighted by Gasteiger charge is -2.33. The van der Waals surface area contributed by atoms with Crippen molar-refractivity contribution in [3.63, 3.8) is 0 Å². The zero-order valence-electron chi connectivity index (χ0n) is 20.2. The van der Waals surface area contributed by atoms with Crippen LogP contribution in [0, 0.1) is 30.4 Å². The number of halogens is 2. The molecule has 3 aromatic rings. The topological polar surface area (TPSA) is 31.2 Å². The van der Waals surface area contributed by atoms with E-state index in [0.29, 0.717) is 17.6 Å². The Bertz CT molecular complexity index is 1300. The lowest BCUT2D eigenvalue weighted by molar-refractivity contribution is 0.227. The van der Waals surface area contributed by atoms with E-state index in [-0.39, 0.29) is 12.7 Å². The van der Waals surface area contributed by atoms with Gasteiger partial charge in [-0.2, -0.15) is 0 Å². The molecule has 2 aliphatic carbocycles. The number of hydrogen-bond donors (Lipinski definition) is 0. The summed E-state index contributed by atoms with van der Waals surface area (Å²) in [5.74, 6) is 0.0291. The summed E-state index contributed by atoms with van der Waals surface area (Å²) in [6, 6.07) is 8.91. The second-order valence-electron chi connectivity index (χ2n) is 9.30. The van der Waals surface area contributed by atoms with E-state index in [1.165, 1.54) is 18.6 Å². The van der Waals surface area contributed by atoms with Gasteiger partial charge in [0.15, 0.2) is 11.6 Å². The van der Waals surface area contributed by atoms with Crippen molar-refractivity contribution in [3.05, 3.63) is 87.3 Å². The van der Waals surface area contributed by atoms with Gasteiger partial charge in [0.2, 0.25) is 0 Å². The standard InChI is InChI=1S/C26H23F2NO2.C3H8.H2/c1-15-3-9-24(31-25-10-7-18(27)13-23(25)28)20(11-15)22-14-29(2)26(30)21-12-17-5-4-16(17)6-8-19(21)22;1-3-2;/h3,6-11,13-14,16-17H,4-5,12H2,1-2H3;3H2,1-2H3;1H. The van der Waals surface area contributed by atoms with Gasteiger partial charge in [0.25, 0.3) is 5.56 Å².